The van der Waals surface area contributed by atoms with Crippen molar-refractivity contribution >= 4 is 17.8 Å². The van der Waals surface area contributed by atoms with Gasteiger partial charge in [-0.25, -0.2) is 0 Å². The van der Waals surface area contributed by atoms with Crippen LogP contribution in [0.15, 0.2) is 0 Å². The SMILES string of the molecule is CC(C)(C)OC(=O)CN1C(=O)C(C)(C)CC(C)(C)C1=O. The second kappa shape index (κ2) is 4.86. The molecular formula is C15H25NO4. The van der Waals surface area contributed by atoms with Gasteiger partial charge in [-0.05, 0) is 27.2 Å². The summed E-state index contributed by atoms with van der Waals surface area (Å²) >= 11 is 0. The Balaban J connectivity index is 2.94. The summed E-state index contributed by atoms with van der Waals surface area (Å²) in [7, 11) is 0. The molecule has 0 aliphatic carbocycles. The molecule has 0 N–H and O–H groups in total. The summed E-state index contributed by atoms with van der Waals surface area (Å²) in [5, 5.41) is 0. The molecule has 2 amide bonds. The van der Waals surface area contributed by atoms with Gasteiger partial charge in [0.25, 0.3) is 0 Å². The summed E-state index contributed by atoms with van der Waals surface area (Å²) in [4.78, 5) is 37.6. The van der Waals surface area contributed by atoms with E-state index in [2.05, 4.69) is 0 Å². The number of amides is 2. The van der Waals surface area contributed by atoms with Gasteiger partial charge in [0.05, 0.1) is 0 Å². The van der Waals surface area contributed by atoms with E-state index in [4.69, 9.17) is 4.74 Å². The van der Waals surface area contributed by atoms with Gasteiger partial charge in [0.1, 0.15) is 12.1 Å². The fraction of sp³-hybridized carbons (Fsp3) is 0.800. The molecule has 0 unspecified atom stereocenters. The lowest BCUT2D eigenvalue weighted by Crippen LogP contribution is -2.58. The summed E-state index contributed by atoms with van der Waals surface area (Å²) in [6, 6.07) is 0. The molecule has 0 aromatic rings. The summed E-state index contributed by atoms with van der Waals surface area (Å²) < 4.78 is 5.19. The van der Waals surface area contributed by atoms with Crippen LogP contribution in [-0.2, 0) is 19.1 Å². The smallest absolute Gasteiger partial charge is 0.326 e. The topological polar surface area (TPSA) is 63.7 Å². The molecule has 0 radical (unpaired) electrons. The highest BCUT2D eigenvalue weighted by Gasteiger charge is 2.50. The van der Waals surface area contributed by atoms with Crippen molar-refractivity contribution < 1.29 is 19.1 Å². The summed E-state index contributed by atoms with van der Waals surface area (Å²) in [5.74, 6) is -1.19. The molecule has 114 valence electrons. The first-order valence-electron chi connectivity index (χ1n) is 6.84. The largest absolute Gasteiger partial charge is 0.459 e. The monoisotopic (exact) mass is 283 g/mol. The van der Waals surface area contributed by atoms with E-state index in [1.807, 2.05) is 0 Å². The van der Waals surface area contributed by atoms with Gasteiger partial charge in [0.2, 0.25) is 11.8 Å². The molecule has 1 aliphatic rings. The van der Waals surface area contributed by atoms with E-state index < -0.39 is 22.4 Å². The van der Waals surface area contributed by atoms with Crippen LogP contribution in [0.5, 0.6) is 0 Å². The average Bonchev–Trinajstić information content (AvgIpc) is 2.18. The molecule has 5 heteroatoms. The van der Waals surface area contributed by atoms with Gasteiger partial charge in [-0.3, -0.25) is 19.3 Å². The number of hydrogen-bond acceptors (Lipinski definition) is 4. The molecule has 0 saturated carbocycles. The molecule has 0 bridgehead atoms. The van der Waals surface area contributed by atoms with Gasteiger partial charge in [-0.2, -0.15) is 0 Å². The lowest BCUT2D eigenvalue weighted by Gasteiger charge is -2.43. The van der Waals surface area contributed by atoms with E-state index >= 15 is 0 Å². The van der Waals surface area contributed by atoms with Crippen LogP contribution in [0.2, 0.25) is 0 Å². The zero-order valence-electron chi connectivity index (χ0n) is 13.5. The Morgan fingerprint density at radius 2 is 1.50 bits per heavy atom. The number of nitrogens with zero attached hydrogens (tertiary/aromatic N) is 1. The van der Waals surface area contributed by atoms with Crippen molar-refractivity contribution in [1.29, 1.82) is 0 Å². The molecule has 5 nitrogen and oxygen atoms in total. The van der Waals surface area contributed by atoms with E-state index in [-0.39, 0.29) is 18.4 Å². The van der Waals surface area contributed by atoms with Crippen molar-refractivity contribution in [2.75, 3.05) is 6.54 Å². The van der Waals surface area contributed by atoms with Crippen molar-refractivity contribution in [2.24, 2.45) is 10.8 Å². The Labute approximate surface area is 120 Å². The minimum Gasteiger partial charge on any atom is -0.459 e. The third kappa shape index (κ3) is 3.58. The van der Waals surface area contributed by atoms with Crippen LogP contribution in [0.4, 0.5) is 0 Å². The van der Waals surface area contributed by atoms with E-state index in [9.17, 15) is 14.4 Å². The number of carbonyl (C=O) groups excluding carboxylic acids is 3. The summed E-state index contributed by atoms with van der Waals surface area (Å²) in [5.41, 5.74) is -1.94. The van der Waals surface area contributed by atoms with Crippen molar-refractivity contribution in [3.63, 3.8) is 0 Å². The van der Waals surface area contributed by atoms with Crippen LogP contribution in [0, 0.1) is 10.8 Å². The van der Waals surface area contributed by atoms with Gasteiger partial charge < -0.3 is 4.74 Å². The maximum Gasteiger partial charge on any atom is 0.326 e. The number of ether oxygens (including phenoxy) is 1. The number of hydrogen-bond donors (Lipinski definition) is 0. The third-order valence-electron chi connectivity index (χ3n) is 3.24. The first kappa shape index (κ1) is 16.7. The predicted molar refractivity (Wildman–Crippen MR) is 74.7 cm³/mol. The highest BCUT2D eigenvalue weighted by molar-refractivity contribution is 6.04. The van der Waals surface area contributed by atoms with E-state index in [0.29, 0.717) is 6.42 Å². The number of piperidine rings is 1. The van der Waals surface area contributed by atoms with Gasteiger partial charge in [0, 0.05) is 10.8 Å². The quantitative estimate of drug-likeness (QED) is 0.575. The Morgan fingerprint density at radius 1 is 1.10 bits per heavy atom. The van der Waals surface area contributed by atoms with E-state index in [1.165, 1.54) is 0 Å². The molecule has 1 saturated heterocycles. The molecule has 0 aromatic carbocycles. The standard InChI is InChI=1S/C15H25NO4/c1-13(2,3)20-10(17)8-16-11(18)14(4,5)9-15(6,7)12(16)19/h8-9H2,1-7H3. The third-order valence-corrected chi connectivity index (χ3v) is 3.24. The number of likely N-dealkylation sites (tertiary alicyclic amines) is 1. The molecule has 0 spiro atoms. The van der Waals surface area contributed by atoms with Crippen LogP contribution in [0.25, 0.3) is 0 Å². The van der Waals surface area contributed by atoms with Crippen molar-refractivity contribution in [2.45, 2.75) is 60.5 Å². The first-order valence-corrected chi connectivity index (χ1v) is 6.84. The minimum absolute atomic E-state index is 0.312. The summed E-state index contributed by atoms with van der Waals surface area (Å²) in [6.07, 6.45) is 0.475. The Hall–Kier alpha value is -1.39. The van der Waals surface area contributed by atoms with Crippen molar-refractivity contribution in [1.82, 2.24) is 4.90 Å². The van der Waals surface area contributed by atoms with Gasteiger partial charge in [-0.1, -0.05) is 27.7 Å². The Bertz CT molecular complexity index is 417. The maximum absolute atomic E-state index is 12.3. The lowest BCUT2D eigenvalue weighted by molar-refractivity contribution is -0.173. The normalized spacial score (nSPS) is 21.9. The Morgan fingerprint density at radius 3 is 1.85 bits per heavy atom. The number of carbonyl (C=O) groups is 3. The zero-order chi connectivity index (χ0) is 15.9. The maximum atomic E-state index is 12.3. The predicted octanol–water partition coefficient (Wildman–Crippen LogP) is 2.14. The summed E-state index contributed by atoms with van der Waals surface area (Å²) in [6.45, 7) is 12.1. The van der Waals surface area contributed by atoms with Crippen molar-refractivity contribution in [3.05, 3.63) is 0 Å². The number of imide groups is 1. The number of rotatable bonds is 2. The molecule has 20 heavy (non-hydrogen) atoms. The van der Waals surface area contributed by atoms with Crippen LogP contribution in [0.3, 0.4) is 0 Å². The van der Waals surface area contributed by atoms with Gasteiger partial charge >= 0.3 is 5.97 Å². The second-order valence-electron chi connectivity index (χ2n) is 7.73. The molecule has 1 heterocycles. The average molecular weight is 283 g/mol. The molecular weight excluding hydrogens is 258 g/mol. The second-order valence-corrected chi connectivity index (χ2v) is 7.73. The zero-order valence-corrected chi connectivity index (χ0v) is 13.5. The Kier molecular flexibility index (Phi) is 4.05. The lowest BCUT2D eigenvalue weighted by atomic mass is 9.70. The molecule has 0 aromatic heterocycles. The highest BCUT2D eigenvalue weighted by Crippen LogP contribution is 2.41. The van der Waals surface area contributed by atoms with Crippen LogP contribution < -0.4 is 0 Å². The first-order chi connectivity index (χ1) is 8.76. The van der Waals surface area contributed by atoms with E-state index in [0.717, 1.165) is 4.90 Å². The van der Waals surface area contributed by atoms with Crippen LogP contribution >= 0.6 is 0 Å². The molecule has 0 atom stereocenters. The molecule has 1 fully saturated rings. The van der Waals surface area contributed by atoms with Gasteiger partial charge in [-0.15, -0.1) is 0 Å². The minimum atomic E-state index is -0.653. The van der Waals surface area contributed by atoms with E-state index in [1.54, 1.807) is 48.5 Å². The van der Waals surface area contributed by atoms with Crippen LogP contribution in [-0.4, -0.2) is 34.8 Å². The fourth-order valence-corrected chi connectivity index (χ4v) is 2.73. The molecule has 1 rings (SSSR count). The van der Waals surface area contributed by atoms with Gasteiger partial charge in [0.15, 0.2) is 0 Å². The highest BCUT2D eigenvalue weighted by atomic mass is 16.6. The number of esters is 1. The molecule has 1 aliphatic heterocycles. The fourth-order valence-electron chi connectivity index (χ4n) is 2.73. The van der Waals surface area contributed by atoms with Crippen molar-refractivity contribution in [3.8, 4) is 0 Å². The van der Waals surface area contributed by atoms with Crippen LogP contribution in [0.1, 0.15) is 54.9 Å².